The Balaban J connectivity index is 2.05. The van der Waals surface area contributed by atoms with Gasteiger partial charge < -0.3 is 10.5 Å². The summed E-state index contributed by atoms with van der Waals surface area (Å²) in [6.07, 6.45) is 2.16. The molecule has 0 aliphatic carbocycles. The van der Waals surface area contributed by atoms with E-state index < -0.39 is 9.84 Å². The Morgan fingerprint density at radius 1 is 1.19 bits per heavy atom. The molecule has 0 saturated heterocycles. The molecular weight excluding hydrogens is 484 g/mol. The van der Waals surface area contributed by atoms with Gasteiger partial charge in [-0.15, -0.1) is 0 Å². The molecule has 0 aliphatic heterocycles. The van der Waals surface area contributed by atoms with Crippen molar-refractivity contribution in [2.45, 2.75) is 22.8 Å². The Kier molecular flexibility index (Phi) is 5.78. The highest BCUT2D eigenvalue weighted by Gasteiger charge is 2.29. The van der Waals surface area contributed by atoms with E-state index in [-0.39, 0.29) is 26.6 Å². The van der Waals surface area contributed by atoms with E-state index in [1.54, 1.807) is 48.2 Å². The fourth-order valence-electron chi connectivity index (χ4n) is 3.42. The minimum Gasteiger partial charge on any atom is -0.385 e. The van der Waals surface area contributed by atoms with E-state index in [0.717, 1.165) is 4.47 Å². The van der Waals surface area contributed by atoms with Gasteiger partial charge in [0.25, 0.3) is 11.2 Å². The van der Waals surface area contributed by atoms with Crippen molar-refractivity contribution >= 4 is 48.3 Å². The van der Waals surface area contributed by atoms with Gasteiger partial charge >= 0.3 is 0 Å². The molecule has 4 aromatic rings. The van der Waals surface area contributed by atoms with Gasteiger partial charge in [-0.1, -0.05) is 27.0 Å². The third-order valence-electron chi connectivity index (χ3n) is 4.97. The molecule has 0 saturated carbocycles. The Hall–Kier alpha value is -2.82. The fourth-order valence-corrected chi connectivity index (χ4v) is 5.10. The second-order valence-corrected chi connectivity index (χ2v) is 9.77. The number of aryl methyl sites for hydroxylation is 1. The number of pyridine rings is 2. The number of hydrogen-bond donors (Lipinski definition) is 1. The molecule has 0 atom stereocenters. The highest BCUT2D eigenvalue weighted by Crippen LogP contribution is 2.27. The fraction of sp³-hybridized carbons (Fsp3) is 0.190. The summed E-state index contributed by atoms with van der Waals surface area (Å²) in [5, 5.41) is 0.172. The lowest BCUT2D eigenvalue weighted by molar-refractivity contribution is -0.661. The van der Waals surface area contributed by atoms with Crippen LogP contribution in [0.1, 0.15) is 6.42 Å². The van der Waals surface area contributed by atoms with Crippen molar-refractivity contribution < 1.29 is 17.7 Å². The molecule has 3 heterocycles. The number of nitrogen functional groups attached to an aromatic ring is 1. The highest BCUT2D eigenvalue weighted by molar-refractivity contribution is 9.10. The third-order valence-corrected chi connectivity index (χ3v) is 7.29. The van der Waals surface area contributed by atoms with Crippen molar-refractivity contribution in [1.82, 2.24) is 9.38 Å². The summed E-state index contributed by atoms with van der Waals surface area (Å²) in [7, 11) is -2.39. The number of nitrogens with zero attached hydrogens (tertiary/aromatic N) is 3. The standard InChI is InChI=1S/C21H19BrN4O4S/c1-30-12-4-11-26-19(23)17(31(28,29)15-8-6-14(22)7-9-15)13-16-20(26)24-18-5-2-3-10-25(18)21(16)27/h2-3,5-10,13,23H,4,11-12H2,1H3/p+1. The van der Waals surface area contributed by atoms with Crippen molar-refractivity contribution in [3.63, 3.8) is 0 Å². The van der Waals surface area contributed by atoms with E-state index in [0.29, 0.717) is 30.9 Å². The van der Waals surface area contributed by atoms with Gasteiger partial charge in [-0.05, 0) is 42.5 Å². The van der Waals surface area contributed by atoms with Gasteiger partial charge in [0.2, 0.25) is 21.3 Å². The van der Waals surface area contributed by atoms with Gasteiger partial charge in [-0.3, -0.25) is 9.20 Å². The molecule has 3 aromatic heterocycles. The number of hydrogen-bond acceptors (Lipinski definition) is 6. The average Bonchev–Trinajstić information content (AvgIpc) is 2.76. The van der Waals surface area contributed by atoms with Gasteiger partial charge in [-0.25, -0.2) is 13.0 Å². The molecule has 160 valence electrons. The minimum atomic E-state index is -3.97. The highest BCUT2D eigenvalue weighted by atomic mass is 79.9. The van der Waals surface area contributed by atoms with E-state index >= 15 is 0 Å². The van der Waals surface area contributed by atoms with Crippen LogP contribution in [0.5, 0.6) is 0 Å². The predicted octanol–water partition coefficient (Wildman–Crippen LogP) is 2.35. The van der Waals surface area contributed by atoms with Gasteiger partial charge in [0, 0.05) is 30.8 Å². The van der Waals surface area contributed by atoms with E-state index in [1.165, 1.54) is 22.6 Å². The summed E-state index contributed by atoms with van der Waals surface area (Å²) < 4.78 is 35.6. The first kappa shape index (κ1) is 21.4. The Morgan fingerprint density at radius 3 is 2.65 bits per heavy atom. The first-order chi connectivity index (χ1) is 14.8. The lowest BCUT2D eigenvalue weighted by Crippen LogP contribution is -2.42. The second kappa shape index (κ2) is 8.37. The van der Waals surface area contributed by atoms with Crippen molar-refractivity contribution in [1.29, 1.82) is 0 Å². The summed E-state index contributed by atoms with van der Waals surface area (Å²) in [5.41, 5.74) is 6.78. The number of halogens is 1. The SMILES string of the molecule is COCCC[n+]1c(N)c(S(=O)(=O)c2ccc(Br)cc2)cc2c(=O)n3ccccc3nc21. The molecule has 0 unspecified atom stereocenters. The maximum Gasteiger partial charge on any atom is 0.278 e. The van der Waals surface area contributed by atoms with Crippen molar-refractivity contribution in [3.05, 3.63) is 69.6 Å². The van der Waals surface area contributed by atoms with Gasteiger partial charge in [0.15, 0.2) is 0 Å². The van der Waals surface area contributed by atoms with Crippen molar-refractivity contribution in [2.75, 3.05) is 19.5 Å². The van der Waals surface area contributed by atoms with Crippen LogP contribution in [0.25, 0.3) is 16.7 Å². The van der Waals surface area contributed by atoms with E-state index in [1.807, 2.05) is 0 Å². The van der Waals surface area contributed by atoms with Crippen LogP contribution >= 0.6 is 15.9 Å². The molecule has 8 nitrogen and oxygen atoms in total. The second-order valence-electron chi connectivity index (χ2n) is 6.93. The quantitative estimate of drug-likeness (QED) is 0.246. The van der Waals surface area contributed by atoms with Crippen LogP contribution in [0.4, 0.5) is 5.82 Å². The van der Waals surface area contributed by atoms with Crippen LogP contribution in [-0.2, 0) is 21.1 Å². The zero-order valence-corrected chi connectivity index (χ0v) is 19.1. The molecule has 0 radical (unpaired) electrons. The average molecular weight is 504 g/mol. The zero-order valence-electron chi connectivity index (χ0n) is 16.7. The first-order valence-corrected chi connectivity index (χ1v) is 11.7. The number of methoxy groups -OCH3 is 1. The zero-order chi connectivity index (χ0) is 22.2. The largest absolute Gasteiger partial charge is 0.385 e. The lowest BCUT2D eigenvalue weighted by atomic mass is 10.3. The molecule has 1 aromatic carbocycles. The number of ether oxygens (including phenoxy) is 1. The normalized spacial score (nSPS) is 11.9. The Bertz CT molecular complexity index is 1450. The number of fused-ring (bicyclic) bond motifs is 2. The van der Waals surface area contributed by atoms with Crippen LogP contribution in [0, 0.1) is 0 Å². The van der Waals surface area contributed by atoms with E-state index in [2.05, 4.69) is 20.9 Å². The summed E-state index contributed by atoms with van der Waals surface area (Å²) >= 11 is 3.31. The minimum absolute atomic E-state index is 0.0266. The predicted molar refractivity (Wildman–Crippen MR) is 120 cm³/mol. The smallest absolute Gasteiger partial charge is 0.278 e. The number of benzene rings is 1. The molecule has 0 aliphatic rings. The van der Waals surface area contributed by atoms with E-state index in [9.17, 15) is 13.2 Å². The Labute approximate surface area is 187 Å². The summed E-state index contributed by atoms with van der Waals surface area (Å²) in [6.45, 7) is 0.791. The summed E-state index contributed by atoms with van der Waals surface area (Å²) in [6, 6.07) is 12.8. The molecule has 0 fully saturated rings. The van der Waals surface area contributed by atoms with E-state index in [4.69, 9.17) is 10.5 Å². The van der Waals surface area contributed by atoms with Gasteiger partial charge in [0.1, 0.15) is 10.3 Å². The van der Waals surface area contributed by atoms with Crippen molar-refractivity contribution in [3.8, 4) is 0 Å². The summed E-state index contributed by atoms with van der Waals surface area (Å²) in [4.78, 5) is 17.7. The third kappa shape index (κ3) is 3.82. The number of aromatic nitrogens is 3. The summed E-state index contributed by atoms with van der Waals surface area (Å²) in [5.74, 6) is 0.0266. The molecule has 2 N–H and O–H groups in total. The van der Waals surface area contributed by atoms with Gasteiger partial charge in [-0.2, -0.15) is 0 Å². The molecule has 31 heavy (non-hydrogen) atoms. The number of anilines is 1. The molecule has 0 bridgehead atoms. The Morgan fingerprint density at radius 2 is 1.94 bits per heavy atom. The van der Waals surface area contributed by atoms with Crippen LogP contribution in [0.2, 0.25) is 0 Å². The number of rotatable bonds is 6. The monoisotopic (exact) mass is 503 g/mol. The maximum absolute atomic E-state index is 13.4. The van der Waals surface area contributed by atoms with Crippen LogP contribution < -0.4 is 15.9 Å². The molecule has 4 rings (SSSR count). The van der Waals surface area contributed by atoms with Crippen LogP contribution in [0.3, 0.4) is 0 Å². The van der Waals surface area contributed by atoms with Crippen LogP contribution in [0.15, 0.2) is 73.8 Å². The molecule has 0 spiro atoms. The van der Waals surface area contributed by atoms with Crippen LogP contribution in [-0.4, -0.2) is 31.5 Å². The molecule has 10 heteroatoms. The van der Waals surface area contributed by atoms with Gasteiger partial charge in [0.05, 0.1) is 11.4 Å². The molecule has 0 amide bonds. The number of nitrogens with two attached hydrogens (primary N) is 1. The number of sulfone groups is 1. The maximum atomic E-state index is 13.4. The first-order valence-electron chi connectivity index (χ1n) is 9.47. The molecular formula is C21H20BrN4O4S+. The van der Waals surface area contributed by atoms with Crippen molar-refractivity contribution in [2.24, 2.45) is 0 Å². The topological polar surface area (TPSA) is 108 Å². The lowest BCUT2D eigenvalue weighted by Gasteiger charge is -2.13.